The molecule has 2 N–H and O–H groups in total. The second-order valence-corrected chi connectivity index (χ2v) is 5.67. The lowest BCUT2D eigenvalue weighted by Gasteiger charge is -2.40. The molecule has 1 aliphatic carbocycles. The first kappa shape index (κ1) is 13.7. The number of hydrogen-bond acceptors (Lipinski definition) is 4. The summed E-state index contributed by atoms with van der Waals surface area (Å²) in [5.41, 5.74) is 0.210. The van der Waals surface area contributed by atoms with Gasteiger partial charge in [0.2, 0.25) is 6.79 Å². The number of benzene rings is 1. The highest BCUT2D eigenvalue weighted by Gasteiger charge is 2.39. The number of amides is 1. The number of carboxylic acid groups (broad SMARTS) is 1. The number of nitrogens with one attached hydrogen (secondary N) is 1. The lowest BCUT2D eigenvalue weighted by Crippen LogP contribution is -2.43. The standard InChI is InChI=1S/C15H17NO5/c17-13(18)7-15(4-1-5-15)8-16-14(19)10-2-3-11-12(6-10)21-9-20-11/h2-3,6H,1,4-5,7-9H2,(H,16,19)(H,17,18). The van der Waals surface area contributed by atoms with Gasteiger partial charge in [0.15, 0.2) is 11.5 Å². The van der Waals surface area contributed by atoms with Gasteiger partial charge in [0.25, 0.3) is 5.91 Å². The number of carboxylic acids is 1. The molecule has 0 radical (unpaired) electrons. The van der Waals surface area contributed by atoms with E-state index in [9.17, 15) is 9.59 Å². The predicted octanol–water partition coefficient (Wildman–Crippen LogP) is 1.79. The number of carbonyl (C=O) groups is 2. The molecule has 1 amide bonds. The molecule has 1 aromatic rings. The van der Waals surface area contributed by atoms with E-state index in [1.807, 2.05) is 0 Å². The van der Waals surface area contributed by atoms with Crippen molar-refractivity contribution in [3.63, 3.8) is 0 Å². The van der Waals surface area contributed by atoms with Crippen molar-refractivity contribution in [2.45, 2.75) is 25.7 Å². The Morgan fingerprint density at radius 3 is 2.67 bits per heavy atom. The number of hydrogen-bond donors (Lipinski definition) is 2. The summed E-state index contributed by atoms with van der Waals surface area (Å²) in [6, 6.07) is 5.02. The molecule has 0 bridgehead atoms. The Kier molecular flexibility index (Phi) is 3.45. The van der Waals surface area contributed by atoms with Crippen molar-refractivity contribution in [2.75, 3.05) is 13.3 Å². The van der Waals surface area contributed by atoms with Crippen LogP contribution in [0.3, 0.4) is 0 Å². The number of aliphatic carboxylic acids is 1. The summed E-state index contributed by atoms with van der Waals surface area (Å²) in [4.78, 5) is 23.1. The van der Waals surface area contributed by atoms with E-state index >= 15 is 0 Å². The highest BCUT2D eigenvalue weighted by molar-refractivity contribution is 5.95. The van der Waals surface area contributed by atoms with Crippen molar-refractivity contribution >= 4 is 11.9 Å². The maximum atomic E-state index is 12.2. The van der Waals surface area contributed by atoms with Gasteiger partial charge in [0.05, 0.1) is 6.42 Å². The molecule has 3 rings (SSSR count). The summed E-state index contributed by atoms with van der Waals surface area (Å²) in [5, 5.41) is 11.8. The van der Waals surface area contributed by atoms with Gasteiger partial charge in [-0.3, -0.25) is 9.59 Å². The van der Waals surface area contributed by atoms with Gasteiger partial charge in [-0.2, -0.15) is 0 Å². The molecule has 112 valence electrons. The van der Waals surface area contributed by atoms with Crippen molar-refractivity contribution in [2.24, 2.45) is 5.41 Å². The summed E-state index contributed by atoms with van der Waals surface area (Å²) in [7, 11) is 0. The molecule has 1 saturated carbocycles. The maximum Gasteiger partial charge on any atom is 0.303 e. The Hall–Kier alpha value is -2.24. The summed E-state index contributed by atoms with van der Waals surface area (Å²) >= 11 is 0. The zero-order valence-corrected chi connectivity index (χ0v) is 11.6. The molecule has 1 aliphatic heterocycles. The summed E-state index contributed by atoms with van der Waals surface area (Å²) in [5.74, 6) is 0.163. The Morgan fingerprint density at radius 1 is 1.24 bits per heavy atom. The molecule has 0 aromatic heterocycles. The first-order valence-corrected chi connectivity index (χ1v) is 6.98. The molecule has 0 atom stereocenters. The van der Waals surface area contributed by atoms with Gasteiger partial charge in [0.1, 0.15) is 0 Å². The fraction of sp³-hybridized carbons (Fsp3) is 0.467. The van der Waals surface area contributed by atoms with Gasteiger partial charge in [0, 0.05) is 12.1 Å². The van der Waals surface area contributed by atoms with E-state index in [0.29, 0.717) is 23.6 Å². The predicted molar refractivity (Wildman–Crippen MR) is 73.4 cm³/mol. The number of fused-ring (bicyclic) bond motifs is 1. The van der Waals surface area contributed by atoms with Gasteiger partial charge in [-0.15, -0.1) is 0 Å². The summed E-state index contributed by atoms with van der Waals surface area (Å²) in [6.07, 6.45) is 2.82. The lowest BCUT2D eigenvalue weighted by atomic mass is 9.66. The molecule has 1 fully saturated rings. The van der Waals surface area contributed by atoms with Crippen LogP contribution < -0.4 is 14.8 Å². The number of carbonyl (C=O) groups excluding carboxylic acids is 1. The molecule has 1 aromatic carbocycles. The molecule has 2 aliphatic rings. The SMILES string of the molecule is O=C(O)CC1(CNC(=O)c2ccc3c(c2)OCO3)CCC1. The molecule has 0 unspecified atom stereocenters. The smallest absolute Gasteiger partial charge is 0.303 e. The number of ether oxygens (including phenoxy) is 2. The quantitative estimate of drug-likeness (QED) is 0.864. The van der Waals surface area contributed by atoms with Crippen molar-refractivity contribution < 1.29 is 24.2 Å². The van der Waals surface area contributed by atoms with E-state index in [2.05, 4.69) is 5.32 Å². The zero-order valence-electron chi connectivity index (χ0n) is 11.6. The average Bonchev–Trinajstić information content (AvgIpc) is 2.88. The van der Waals surface area contributed by atoms with Gasteiger partial charge >= 0.3 is 5.97 Å². The van der Waals surface area contributed by atoms with Gasteiger partial charge in [-0.05, 0) is 36.5 Å². The lowest BCUT2D eigenvalue weighted by molar-refractivity contribution is -0.141. The third-order valence-corrected chi connectivity index (χ3v) is 4.20. The third kappa shape index (κ3) is 2.79. The van der Waals surface area contributed by atoms with Gasteiger partial charge in [-0.25, -0.2) is 0 Å². The third-order valence-electron chi connectivity index (χ3n) is 4.20. The van der Waals surface area contributed by atoms with E-state index in [-0.39, 0.29) is 24.5 Å². The van der Waals surface area contributed by atoms with Crippen LogP contribution in [0.2, 0.25) is 0 Å². The van der Waals surface area contributed by atoms with Crippen LogP contribution in [0.25, 0.3) is 0 Å². The minimum atomic E-state index is -0.813. The minimum Gasteiger partial charge on any atom is -0.481 e. The van der Waals surface area contributed by atoms with Crippen LogP contribution in [0.15, 0.2) is 18.2 Å². The Bertz CT molecular complexity index is 579. The first-order valence-electron chi connectivity index (χ1n) is 6.98. The highest BCUT2D eigenvalue weighted by atomic mass is 16.7. The molecular weight excluding hydrogens is 274 g/mol. The topological polar surface area (TPSA) is 84.9 Å². The second kappa shape index (κ2) is 5.27. The van der Waals surface area contributed by atoms with Gasteiger partial charge in [-0.1, -0.05) is 6.42 Å². The second-order valence-electron chi connectivity index (χ2n) is 5.67. The molecule has 0 spiro atoms. The summed E-state index contributed by atoms with van der Waals surface area (Å²) < 4.78 is 10.4. The van der Waals surface area contributed by atoms with Crippen LogP contribution in [-0.4, -0.2) is 30.3 Å². The number of rotatable bonds is 5. The van der Waals surface area contributed by atoms with E-state index < -0.39 is 5.97 Å². The van der Waals surface area contributed by atoms with Crippen molar-refractivity contribution in [3.8, 4) is 11.5 Å². The highest BCUT2D eigenvalue weighted by Crippen LogP contribution is 2.43. The van der Waals surface area contributed by atoms with Crippen LogP contribution >= 0.6 is 0 Å². The van der Waals surface area contributed by atoms with Crippen LogP contribution in [0.1, 0.15) is 36.0 Å². The Morgan fingerprint density at radius 2 is 2.00 bits per heavy atom. The molecule has 6 nitrogen and oxygen atoms in total. The maximum absolute atomic E-state index is 12.2. The van der Waals surface area contributed by atoms with Crippen LogP contribution in [0.5, 0.6) is 11.5 Å². The molecule has 21 heavy (non-hydrogen) atoms. The Labute approximate surface area is 122 Å². The normalized spacial score (nSPS) is 17.9. The monoisotopic (exact) mass is 291 g/mol. The average molecular weight is 291 g/mol. The summed E-state index contributed by atoms with van der Waals surface area (Å²) in [6.45, 7) is 0.564. The molecule has 6 heteroatoms. The van der Waals surface area contributed by atoms with Crippen molar-refractivity contribution in [3.05, 3.63) is 23.8 Å². The van der Waals surface area contributed by atoms with E-state index in [1.54, 1.807) is 18.2 Å². The van der Waals surface area contributed by atoms with Crippen LogP contribution in [0, 0.1) is 5.41 Å². The van der Waals surface area contributed by atoms with Crippen molar-refractivity contribution in [1.82, 2.24) is 5.32 Å². The zero-order chi connectivity index (χ0) is 14.9. The molecular formula is C15H17NO5. The largest absolute Gasteiger partial charge is 0.481 e. The van der Waals surface area contributed by atoms with Gasteiger partial charge < -0.3 is 19.9 Å². The molecule has 0 saturated heterocycles. The fourth-order valence-corrected chi connectivity index (χ4v) is 2.82. The van der Waals surface area contributed by atoms with Crippen LogP contribution in [0.4, 0.5) is 0 Å². The van der Waals surface area contributed by atoms with E-state index in [4.69, 9.17) is 14.6 Å². The Balaban J connectivity index is 1.62. The van der Waals surface area contributed by atoms with Crippen molar-refractivity contribution in [1.29, 1.82) is 0 Å². The van der Waals surface area contributed by atoms with E-state index in [0.717, 1.165) is 19.3 Å². The molecule has 1 heterocycles. The minimum absolute atomic E-state index is 0.106. The van der Waals surface area contributed by atoms with E-state index in [1.165, 1.54) is 0 Å². The first-order chi connectivity index (χ1) is 10.1. The van der Waals surface area contributed by atoms with Crippen LogP contribution in [-0.2, 0) is 4.79 Å². The fourth-order valence-electron chi connectivity index (χ4n) is 2.82.